The first-order chi connectivity index (χ1) is 13.0. The fraction of sp³-hybridized carbons (Fsp3) is 0.350. The number of aromatic nitrogens is 5. The van der Waals surface area contributed by atoms with Crippen LogP contribution in [0.15, 0.2) is 36.8 Å². The molecule has 0 bridgehead atoms. The minimum absolute atomic E-state index is 0.0559. The molecular formula is C20H23N7. The van der Waals surface area contributed by atoms with Crippen molar-refractivity contribution in [2.75, 3.05) is 18.0 Å². The van der Waals surface area contributed by atoms with Gasteiger partial charge in [-0.05, 0) is 38.0 Å². The van der Waals surface area contributed by atoms with Gasteiger partial charge in [0.25, 0.3) is 0 Å². The highest BCUT2D eigenvalue weighted by atomic mass is 15.2. The highest BCUT2D eigenvalue weighted by molar-refractivity contribution is 5.93. The van der Waals surface area contributed by atoms with Gasteiger partial charge in [0.2, 0.25) is 0 Å². The van der Waals surface area contributed by atoms with E-state index in [2.05, 4.69) is 39.1 Å². The first kappa shape index (κ1) is 16.3. The Labute approximate surface area is 157 Å². The van der Waals surface area contributed by atoms with E-state index in [-0.39, 0.29) is 5.54 Å². The molecule has 27 heavy (non-hydrogen) atoms. The molecule has 0 atom stereocenters. The Kier molecular flexibility index (Phi) is 3.48. The van der Waals surface area contributed by atoms with Crippen molar-refractivity contribution < 1.29 is 0 Å². The zero-order chi connectivity index (χ0) is 18.6. The zero-order valence-corrected chi connectivity index (χ0v) is 15.6. The molecule has 1 aliphatic heterocycles. The van der Waals surface area contributed by atoms with Gasteiger partial charge in [-0.3, -0.25) is 10.1 Å². The zero-order valence-electron chi connectivity index (χ0n) is 15.6. The van der Waals surface area contributed by atoms with E-state index in [0.29, 0.717) is 0 Å². The highest BCUT2D eigenvalue weighted by Crippen LogP contribution is 2.30. The Morgan fingerprint density at radius 3 is 2.78 bits per heavy atom. The molecule has 1 fully saturated rings. The van der Waals surface area contributed by atoms with Crippen molar-refractivity contribution in [2.24, 2.45) is 12.8 Å². The number of rotatable bonds is 2. The van der Waals surface area contributed by atoms with Crippen molar-refractivity contribution in [2.45, 2.75) is 25.3 Å². The quantitative estimate of drug-likeness (QED) is 0.573. The van der Waals surface area contributed by atoms with Crippen LogP contribution < -0.4 is 10.6 Å². The Hall–Kier alpha value is -2.93. The Morgan fingerprint density at radius 2 is 1.96 bits per heavy atom. The minimum Gasteiger partial charge on any atom is -0.370 e. The topological polar surface area (TPSA) is 88.7 Å². The molecule has 4 heterocycles. The number of nitrogens with one attached hydrogen (secondary N) is 1. The predicted octanol–water partition coefficient (Wildman–Crippen LogP) is 2.83. The number of hydrogen-bond acceptors (Lipinski definition) is 5. The van der Waals surface area contributed by atoms with Crippen LogP contribution in [0.5, 0.6) is 0 Å². The van der Waals surface area contributed by atoms with E-state index in [4.69, 9.17) is 10.7 Å². The second-order valence-corrected chi connectivity index (χ2v) is 7.86. The summed E-state index contributed by atoms with van der Waals surface area (Å²) in [5.74, 6) is 0. The van der Waals surface area contributed by atoms with Crippen LogP contribution in [0.3, 0.4) is 0 Å². The number of aromatic amines is 1. The monoisotopic (exact) mass is 361 g/mol. The molecule has 1 saturated heterocycles. The standard InChI is InChI=1S/C20H23N7/c1-20(21)5-7-27(8-6-20)14-10-16-19(22-11-14)18(25-24-16)13-3-4-15-17(9-13)26(2)12-23-15/h3-4,9-12H,5-8,21H2,1-2H3,(H,24,25). The van der Waals surface area contributed by atoms with E-state index < -0.39 is 0 Å². The summed E-state index contributed by atoms with van der Waals surface area (Å²) in [7, 11) is 2.00. The number of H-pyrrole nitrogens is 1. The van der Waals surface area contributed by atoms with Gasteiger partial charge in [-0.2, -0.15) is 5.10 Å². The number of nitrogens with zero attached hydrogens (tertiary/aromatic N) is 5. The maximum Gasteiger partial charge on any atom is 0.118 e. The van der Waals surface area contributed by atoms with Gasteiger partial charge in [-0.25, -0.2) is 4.98 Å². The van der Waals surface area contributed by atoms with Gasteiger partial charge in [-0.1, -0.05) is 6.07 Å². The van der Waals surface area contributed by atoms with E-state index in [1.165, 1.54) is 0 Å². The summed E-state index contributed by atoms with van der Waals surface area (Å²) in [4.78, 5) is 11.5. The van der Waals surface area contributed by atoms with Gasteiger partial charge in [0.1, 0.15) is 11.2 Å². The van der Waals surface area contributed by atoms with Crippen molar-refractivity contribution in [1.29, 1.82) is 0 Å². The lowest BCUT2D eigenvalue weighted by Gasteiger charge is -2.37. The molecule has 1 aromatic carbocycles. The van der Waals surface area contributed by atoms with Crippen LogP contribution in [0.1, 0.15) is 19.8 Å². The number of piperidine rings is 1. The molecule has 3 aromatic heterocycles. The van der Waals surface area contributed by atoms with Crippen molar-refractivity contribution in [1.82, 2.24) is 24.7 Å². The fourth-order valence-electron chi connectivity index (χ4n) is 3.82. The molecule has 0 unspecified atom stereocenters. The first-order valence-electron chi connectivity index (χ1n) is 9.30. The lowest BCUT2D eigenvalue weighted by molar-refractivity contribution is 0.364. The molecule has 0 radical (unpaired) electrons. The molecule has 0 saturated carbocycles. The van der Waals surface area contributed by atoms with E-state index in [0.717, 1.165) is 64.9 Å². The molecule has 7 nitrogen and oxygen atoms in total. The average Bonchev–Trinajstić information content (AvgIpc) is 3.25. The SMILES string of the molecule is Cn1cnc2ccc(-c3n[nH]c4cc(N5CCC(C)(N)CC5)cnc34)cc21. The van der Waals surface area contributed by atoms with Crippen LogP contribution in [0.25, 0.3) is 33.3 Å². The van der Waals surface area contributed by atoms with Crippen molar-refractivity contribution in [3.05, 3.63) is 36.8 Å². The molecular weight excluding hydrogens is 338 g/mol. The molecule has 7 heteroatoms. The molecule has 1 aliphatic rings. The second-order valence-electron chi connectivity index (χ2n) is 7.86. The Bertz CT molecular complexity index is 1130. The van der Waals surface area contributed by atoms with Crippen molar-refractivity contribution in [3.8, 4) is 11.3 Å². The van der Waals surface area contributed by atoms with E-state index in [1.54, 1.807) is 0 Å². The number of aryl methyl sites for hydroxylation is 1. The third-order valence-electron chi connectivity index (χ3n) is 5.66. The molecule has 4 aromatic rings. The summed E-state index contributed by atoms with van der Waals surface area (Å²) in [5.41, 5.74) is 13.1. The molecule has 5 rings (SSSR count). The smallest absolute Gasteiger partial charge is 0.118 e. The third kappa shape index (κ3) is 2.75. The van der Waals surface area contributed by atoms with Gasteiger partial charge < -0.3 is 15.2 Å². The summed E-state index contributed by atoms with van der Waals surface area (Å²) < 4.78 is 2.01. The summed E-state index contributed by atoms with van der Waals surface area (Å²) in [5, 5.41) is 7.69. The molecule has 0 aliphatic carbocycles. The van der Waals surface area contributed by atoms with Gasteiger partial charge in [0.15, 0.2) is 0 Å². The molecule has 0 amide bonds. The summed E-state index contributed by atoms with van der Waals surface area (Å²) >= 11 is 0. The Balaban J connectivity index is 1.51. The number of pyridine rings is 1. The first-order valence-corrected chi connectivity index (χ1v) is 9.30. The number of nitrogens with two attached hydrogens (primary N) is 1. The van der Waals surface area contributed by atoms with E-state index in [1.807, 2.05) is 36.3 Å². The van der Waals surface area contributed by atoms with E-state index in [9.17, 15) is 0 Å². The normalized spacial score (nSPS) is 17.1. The summed E-state index contributed by atoms with van der Waals surface area (Å²) in [6, 6.07) is 8.32. The maximum atomic E-state index is 6.25. The highest BCUT2D eigenvalue weighted by Gasteiger charge is 2.26. The fourth-order valence-corrected chi connectivity index (χ4v) is 3.82. The largest absolute Gasteiger partial charge is 0.370 e. The summed E-state index contributed by atoms with van der Waals surface area (Å²) in [6.45, 7) is 4.04. The van der Waals surface area contributed by atoms with Crippen LogP contribution >= 0.6 is 0 Å². The second kappa shape index (κ2) is 5.79. The van der Waals surface area contributed by atoms with Crippen molar-refractivity contribution >= 4 is 27.8 Å². The maximum absolute atomic E-state index is 6.25. The van der Waals surface area contributed by atoms with Crippen LogP contribution in [-0.2, 0) is 7.05 Å². The number of imidazole rings is 1. The van der Waals surface area contributed by atoms with Crippen LogP contribution in [-0.4, -0.2) is 43.4 Å². The van der Waals surface area contributed by atoms with Crippen LogP contribution in [0.2, 0.25) is 0 Å². The lowest BCUT2D eigenvalue weighted by Crippen LogP contribution is -2.48. The van der Waals surface area contributed by atoms with Crippen LogP contribution in [0, 0.1) is 0 Å². The predicted molar refractivity (Wildman–Crippen MR) is 108 cm³/mol. The van der Waals surface area contributed by atoms with Gasteiger partial charge in [0, 0.05) is 31.2 Å². The Morgan fingerprint density at radius 1 is 1.15 bits per heavy atom. The summed E-state index contributed by atoms with van der Waals surface area (Å²) in [6.07, 6.45) is 5.75. The number of hydrogen-bond donors (Lipinski definition) is 2. The van der Waals surface area contributed by atoms with Crippen molar-refractivity contribution in [3.63, 3.8) is 0 Å². The third-order valence-corrected chi connectivity index (χ3v) is 5.66. The number of fused-ring (bicyclic) bond motifs is 2. The minimum atomic E-state index is -0.0559. The molecule has 0 spiro atoms. The molecule has 138 valence electrons. The van der Waals surface area contributed by atoms with Crippen LogP contribution in [0.4, 0.5) is 5.69 Å². The van der Waals surface area contributed by atoms with Gasteiger partial charge in [0.05, 0.1) is 34.8 Å². The number of benzene rings is 1. The average molecular weight is 361 g/mol. The van der Waals surface area contributed by atoms with Gasteiger partial charge >= 0.3 is 0 Å². The lowest BCUT2D eigenvalue weighted by atomic mass is 9.91. The molecule has 3 N–H and O–H groups in total. The number of anilines is 1. The van der Waals surface area contributed by atoms with Gasteiger partial charge in [-0.15, -0.1) is 0 Å². The van der Waals surface area contributed by atoms with E-state index >= 15 is 0 Å².